The molecule has 0 bridgehead atoms. The molecule has 0 aromatic heterocycles. The lowest BCUT2D eigenvalue weighted by molar-refractivity contribution is -0.137. The van der Waals surface area contributed by atoms with Gasteiger partial charge in [0, 0.05) is 17.0 Å². The van der Waals surface area contributed by atoms with E-state index in [1.807, 2.05) is 5.92 Å². The average molecular weight is 223 g/mol. The number of benzene rings is 1. The fourth-order valence-corrected chi connectivity index (χ4v) is 1.06. The number of aldehydes is 1. The Bertz CT molecular complexity index is 515. The largest absolute Gasteiger partial charge is 0.416 e. The van der Waals surface area contributed by atoms with E-state index in [9.17, 15) is 18.0 Å². The van der Waals surface area contributed by atoms with Crippen molar-refractivity contribution in [2.75, 3.05) is 0 Å². The first-order valence-electron chi connectivity index (χ1n) is 4.05. The second-order valence-electron chi connectivity index (χ2n) is 2.82. The minimum atomic E-state index is -4.54. The number of halogens is 3. The molecule has 2 nitrogen and oxygen atoms in total. The molecule has 80 valence electrons. The molecule has 1 aromatic rings. The van der Waals surface area contributed by atoms with Crippen molar-refractivity contribution in [3.63, 3.8) is 0 Å². The third kappa shape index (κ3) is 2.86. The van der Waals surface area contributed by atoms with Gasteiger partial charge >= 0.3 is 6.18 Å². The van der Waals surface area contributed by atoms with E-state index < -0.39 is 11.7 Å². The van der Waals surface area contributed by atoms with Gasteiger partial charge in [0.25, 0.3) is 0 Å². The SMILES string of the molecule is N#CC#Cc1cc(C=O)cc(C(F)(F)F)c1. The molecule has 0 fully saturated rings. The predicted octanol–water partition coefficient (Wildman–Crippen LogP) is 2.39. The summed E-state index contributed by atoms with van der Waals surface area (Å²) in [6.07, 6.45) is -4.24. The molecule has 0 unspecified atom stereocenters. The quantitative estimate of drug-likeness (QED) is 0.541. The summed E-state index contributed by atoms with van der Waals surface area (Å²) >= 11 is 0. The second kappa shape index (κ2) is 4.50. The lowest BCUT2D eigenvalue weighted by Gasteiger charge is -2.07. The summed E-state index contributed by atoms with van der Waals surface area (Å²) in [5.74, 6) is 4.18. The predicted molar refractivity (Wildman–Crippen MR) is 49.3 cm³/mol. The Balaban J connectivity index is 3.33. The van der Waals surface area contributed by atoms with Crippen molar-refractivity contribution in [2.45, 2.75) is 6.18 Å². The maximum Gasteiger partial charge on any atom is 0.416 e. The fraction of sp³-hybridized carbons (Fsp3) is 0.0909. The number of hydrogen-bond donors (Lipinski definition) is 0. The van der Waals surface area contributed by atoms with Gasteiger partial charge in [-0.1, -0.05) is 5.92 Å². The molecule has 0 N–H and O–H groups in total. The summed E-state index contributed by atoms with van der Waals surface area (Å²) in [7, 11) is 0. The fourth-order valence-electron chi connectivity index (χ4n) is 1.06. The molecule has 0 aliphatic rings. The number of alkyl halides is 3. The van der Waals surface area contributed by atoms with E-state index in [4.69, 9.17) is 5.26 Å². The maximum atomic E-state index is 12.4. The lowest BCUT2D eigenvalue weighted by atomic mass is 10.1. The van der Waals surface area contributed by atoms with Gasteiger partial charge in [-0.2, -0.15) is 18.4 Å². The Morgan fingerprint density at radius 2 is 1.94 bits per heavy atom. The van der Waals surface area contributed by atoms with Crippen LogP contribution in [0.4, 0.5) is 13.2 Å². The molecule has 0 heterocycles. The van der Waals surface area contributed by atoms with E-state index in [1.54, 1.807) is 0 Å². The summed E-state index contributed by atoms with van der Waals surface area (Å²) in [5, 5.41) is 8.17. The van der Waals surface area contributed by atoms with Crippen LogP contribution < -0.4 is 0 Å². The molecule has 1 aromatic carbocycles. The van der Waals surface area contributed by atoms with Gasteiger partial charge in [-0.15, -0.1) is 0 Å². The minimum absolute atomic E-state index is 0.0153. The van der Waals surface area contributed by atoms with Gasteiger partial charge in [0.1, 0.15) is 6.29 Å². The molecule has 0 amide bonds. The second-order valence-corrected chi connectivity index (χ2v) is 2.82. The molecule has 1 rings (SSSR count). The van der Waals surface area contributed by atoms with Crippen LogP contribution in [-0.2, 0) is 6.18 Å². The first-order chi connectivity index (χ1) is 7.47. The summed E-state index contributed by atoms with van der Waals surface area (Å²) in [4.78, 5) is 10.4. The van der Waals surface area contributed by atoms with Crippen LogP contribution in [0.15, 0.2) is 18.2 Å². The molecule has 0 atom stereocenters. The smallest absolute Gasteiger partial charge is 0.298 e. The summed E-state index contributed by atoms with van der Waals surface area (Å²) in [6, 6.07) is 4.18. The first kappa shape index (κ1) is 11.8. The highest BCUT2D eigenvalue weighted by atomic mass is 19.4. The van der Waals surface area contributed by atoms with Crippen LogP contribution in [0.2, 0.25) is 0 Å². The summed E-state index contributed by atoms with van der Waals surface area (Å²) < 4.78 is 37.1. The third-order valence-electron chi connectivity index (χ3n) is 1.68. The number of hydrogen-bond acceptors (Lipinski definition) is 2. The molecule has 0 aliphatic heterocycles. The standard InChI is InChI=1S/C11H4F3NO/c12-11(13,14)10-5-8(2-1-3-15)4-9(6-10)7-16/h4-7H. The highest BCUT2D eigenvalue weighted by Gasteiger charge is 2.31. The number of nitrogens with zero attached hydrogens (tertiary/aromatic N) is 1. The lowest BCUT2D eigenvalue weighted by Crippen LogP contribution is -2.06. The van der Waals surface area contributed by atoms with Gasteiger partial charge in [-0.3, -0.25) is 4.79 Å². The molecule has 0 aliphatic carbocycles. The van der Waals surface area contributed by atoms with Gasteiger partial charge in [0.05, 0.1) is 5.56 Å². The monoisotopic (exact) mass is 223 g/mol. The zero-order valence-electron chi connectivity index (χ0n) is 7.80. The average Bonchev–Trinajstić information content (AvgIpc) is 2.24. The van der Waals surface area contributed by atoms with Crippen LogP contribution >= 0.6 is 0 Å². The van der Waals surface area contributed by atoms with Crippen LogP contribution in [-0.4, -0.2) is 6.29 Å². The molecule has 0 spiro atoms. The normalized spacial score (nSPS) is 9.88. The van der Waals surface area contributed by atoms with Crippen molar-refractivity contribution in [1.82, 2.24) is 0 Å². The van der Waals surface area contributed by atoms with Crippen LogP contribution in [0, 0.1) is 23.2 Å². The number of carbonyl (C=O) groups excluding carboxylic acids is 1. The van der Waals surface area contributed by atoms with Crippen molar-refractivity contribution in [1.29, 1.82) is 5.26 Å². The van der Waals surface area contributed by atoms with Crippen molar-refractivity contribution in [3.8, 4) is 17.9 Å². The van der Waals surface area contributed by atoms with Crippen molar-refractivity contribution in [2.24, 2.45) is 0 Å². The molecular formula is C11H4F3NO. The number of carbonyl (C=O) groups is 1. The van der Waals surface area contributed by atoms with Crippen LogP contribution in [0.1, 0.15) is 21.5 Å². The molecule has 16 heavy (non-hydrogen) atoms. The molecule has 0 radical (unpaired) electrons. The summed E-state index contributed by atoms with van der Waals surface area (Å²) in [6.45, 7) is 0. The van der Waals surface area contributed by atoms with Crippen molar-refractivity contribution < 1.29 is 18.0 Å². The van der Waals surface area contributed by atoms with Gasteiger partial charge in [-0.25, -0.2) is 0 Å². The number of rotatable bonds is 1. The van der Waals surface area contributed by atoms with Crippen LogP contribution in [0.25, 0.3) is 0 Å². The van der Waals surface area contributed by atoms with E-state index in [0.717, 1.165) is 12.1 Å². The van der Waals surface area contributed by atoms with Gasteiger partial charge in [0.2, 0.25) is 0 Å². The van der Waals surface area contributed by atoms with E-state index in [1.165, 1.54) is 12.1 Å². The zero-order chi connectivity index (χ0) is 12.2. The third-order valence-corrected chi connectivity index (χ3v) is 1.68. The van der Waals surface area contributed by atoms with Gasteiger partial charge < -0.3 is 0 Å². The highest BCUT2D eigenvalue weighted by Crippen LogP contribution is 2.30. The van der Waals surface area contributed by atoms with E-state index >= 15 is 0 Å². The Labute approximate surface area is 89.3 Å². The number of nitriles is 1. The Hall–Kier alpha value is -2.27. The Morgan fingerprint density at radius 1 is 1.25 bits per heavy atom. The maximum absolute atomic E-state index is 12.4. The zero-order valence-corrected chi connectivity index (χ0v) is 7.80. The van der Waals surface area contributed by atoms with Gasteiger partial charge in [-0.05, 0) is 18.2 Å². The molecule has 5 heteroatoms. The van der Waals surface area contributed by atoms with Crippen LogP contribution in [0.5, 0.6) is 0 Å². The Morgan fingerprint density at radius 3 is 2.44 bits per heavy atom. The van der Waals surface area contributed by atoms with Crippen molar-refractivity contribution in [3.05, 3.63) is 34.9 Å². The van der Waals surface area contributed by atoms with E-state index in [-0.39, 0.29) is 11.1 Å². The summed E-state index contributed by atoms with van der Waals surface area (Å²) in [5.41, 5.74) is -1.10. The molecule has 0 saturated heterocycles. The van der Waals surface area contributed by atoms with E-state index in [2.05, 4.69) is 5.92 Å². The molecule has 0 saturated carbocycles. The first-order valence-corrected chi connectivity index (χ1v) is 4.05. The van der Waals surface area contributed by atoms with Gasteiger partial charge in [0.15, 0.2) is 6.07 Å². The van der Waals surface area contributed by atoms with Crippen molar-refractivity contribution >= 4 is 6.29 Å². The topological polar surface area (TPSA) is 40.9 Å². The van der Waals surface area contributed by atoms with Crippen LogP contribution in [0.3, 0.4) is 0 Å². The minimum Gasteiger partial charge on any atom is -0.298 e. The Kier molecular flexibility index (Phi) is 3.32. The highest BCUT2D eigenvalue weighted by molar-refractivity contribution is 5.76. The molecular weight excluding hydrogens is 219 g/mol. The van der Waals surface area contributed by atoms with E-state index in [0.29, 0.717) is 6.29 Å².